The zero-order chi connectivity index (χ0) is 13.2. The first-order valence-electron chi connectivity index (χ1n) is 5.72. The fourth-order valence-electron chi connectivity index (χ4n) is 1.62. The van der Waals surface area contributed by atoms with Gasteiger partial charge in [0.2, 0.25) is 0 Å². The molecule has 0 amide bonds. The fourth-order valence-corrected chi connectivity index (χ4v) is 1.62. The molecule has 0 fully saturated rings. The molecule has 4 heteroatoms. The number of rotatable bonds is 4. The molecular weight excluding hydrogens is 218 g/mol. The van der Waals surface area contributed by atoms with E-state index in [1.807, 2.05) is 7.05 Å². The Bertz CT molecular complexity index is 390. The molecule has 1 heterocycles. The lowest BCUT2D eigenvalue weighted by Crippen LogP contribution is -2.38. The molecule has 0 bridgehead atoms. The summed E-state index contributed by atoms with van der Waals surface area (Å²) in [6.07, 6.45) is 1.28. The first-order chi connectivity index (χ1) is 7.71. The predicted octanol–water partition coefficient (Wildman–Crippen LogP) is 2.84. The van der Waals surface area contributed by atoms with Gasteiger partial charge in [-0.2, -0.15) is 0 Å². The minimum Gasteiger partial charge on any atom is -0.478 e. The Labute approximate surface area is 102 Å². The molecule has 0 aliphatic carbocycles. The van der Waals surface area contributed by atoms with Crippen LogP contribution in [-0.2, 0) is 6.54 Å². The van der Waals surface area contributed by atoms with Crippen LogP contribution in [0.4, 0.5) is 0 Å². The van der Waals surface area contributed by atoms with Crippen LogP contribution in [0.1, 0.15) is 43.8 Å². The average Bonchev–Trinajstić information content (AvgIpc) is 2.63. The summed E-state index contributed by atoms with van der Waals surface area (Å²) in [7, 11) is 2.01. The van der Waals surface area contributed by atoms with Crippen LogP contribution < -0.4 is 0 Å². The smallest absolute Gasteiger partial charge is 0.338 e. The lowest BCUT2D eigenvalue weighted by molar-refractivity contribution is 0.0696. The van der Waals surface area contributed by atoms with Gasteiger partial charge in [0.15, 0.2) is 0 Å². The number of carboxylic acid groups (broad SMARTS) is 1. The normalized spacial score (nSPS) is 14.0. The first-order valence-corrected chi connectivity index (χ1v) is 5.72. The zero-order valence-electron chi connectivity index (χ0n) is 11.2. The number of hydrogen-bond donors (Lipinski definition) is 1. The van der Waals surface area contributed by atoms with E-state index in [9.17, 15) is 4.79 Å². The predicted molar refractivity (Wildman–Crippen MR) is 66.1 cm³/mol. The second-order valence-electron chi connectivity index (χ2n) is 5.56. The molecule has 0 spiro atoms. The van der Waals surface area contributed by atoms with Gasteiger partial charge in [0.25, 0.3) is 0 Å². The van der Waals surface area contributed by atoms with Crippen molar-refractivity contribution in [2.24, 2.45) is 5.41 Å². The van der Waals surface area contributed by atoms with Crippen molar-refractivity contribution in [2.45, 2.75) is 40.3 Å². The summed E-state index contributed by atoms with van der Waals surface area (Å²) >= 11 is 0. The van der Waals surface area contributed by atoms with E-state index < -0.39 is 5.97 Å². The maximum atomic E-state index is 10.7. The molecular formula is C13H21NO3. The first kappa shape index (κ1) is 13.8. The topological polar surface area (TPSA) is 53.7 Å². The minimum atomic E-state index is -0.952. The van der Waals surface area contributed by atoms with Gasteiger partial charge >= 0.3 is 5.97 Å². The maximum Gasteiger partial charge on any atom is 0.338 e. The van der Waals surface area contributed by atoms with E-state index in [1.165, 1.54) is 6.26 Å². The fraction of sp³-hybridized carbons (Fsp3) is 0.615. The molecule has 1 aromatic rings. The third kappa shape index (κ3) is 3.60. The Balaban J connectivity index is 2.68. The van der Waals surface area contributed by atoms with Crippen LogP contribution in [0.15, 0.2) is 16.7 Å². The van der Waals surface area contributed by atoms with Gasteiger partial charge in [0, 0.05) is 6.04 Å². The summed E-state index contributed by atoms with van der Waals surface area (Å²) in [5.74, 6) is -0.271. The lowest BCUT2D eigenvalue weighted by Gasteiger charge is -2.34. The van der Waals surface area contributed by atoms with Crippen LogP contribution in [-0.4, -0.2) is 29.1 Å². The number of furan rings is 1. The molecule has 96 valence electrons. The molecule has 1 unspecified atom stereocenters. The Morgan fingerprint density at radius 1 is 1.53 bits per heavy atom. The van der Waals surface area contributed by atoms with Crippen molar-refractivity contribution in [1.82, 2.24) is 4.90 Å². The Hall–Kier alpha value is -1.29. The van der Waals surface area contributed by atoms with Crippen molar-refractivity contribution >= 4 is 5.97 Å². The molecule has 0 aromatic carbocycles. The lowest BCUT2D eigenvalue weighted by atomic mass is 9.87. The van der Waals surface area contributed by atoms with Crippen LogP contribution in [0, 0.1) is 5.41 Å². The standard InChI is InChI=1S/C13H21NO3/c1-9(13(2,3)4)14(5)7-11-6-10(8-17-11)12(15)16/h6,8-9H,7H2,1-5H3,(H,15,16). The van der Waals surface area contributed by atoms with E-state index in [-0.39, 0.29) is 11.0 Å². The SMILES string of the molecule is CC(N(C)Cc1cc(C(=O)O)co1)C(C)(C)C. The highest BCUT2D eigenvalue weighted by Gasteiger charge is 2.24. The third-order valence-corrected chi connectivity index (χ3v) is 3.22. The Morgan fingerprint density at radius 3 is 2.53 bits per heavy atom. The number of nitrogens with zero attached hydrogens (tertiary/aromatic N) is 1. The van der Waals surface area contributed by atoms with Gasteiger partial charge in [-0.15, -0.1) is 0 Å². The quantitative estimate of drug-likeness (QED) is 0.877. The van der Waals surface area contributed by atoms with Gasteiger partial charge in [0.05, 0.1) is 12.1 Å². The van der Waals surface area contributed by atoms with Crippen LogP contribution in [0.5, 0.6) is 0 Å². The third-order valence-electron chi connectivity index (χ3n) is 3.22. The molecule has 0 radical (unpaired) electrons. The molecule has 17 heavy (non-hydrogen) atoms. The van der Waals surface area contributed by atoms with E-state index in [1.54, 1.807) is 6.07 Å². The van der Waals surface area contributed by atoms with Crippen molar-refractivity contribution in [2.75, 3.05) is 7.05 Å². The number of carbonyl (C=O) groups is 1. The monoisotopic (exact) mass is 239 g/mol. The molecule has 1 atom stereocenters. The summed E-state index contributed by atoms with van der Waals surface area (Å²) in [5, 5.41) is 8.80. The molecule has 0 aliphatic heterocycles. The molecule has 0 aliphatic rings. The molecule has 1 aromatic heterocycles. The average molecular weight is 239 g/mol. The van der Waals surface area contributed by atoms with Crippen molar-refractivity contribution < 1.29 is 14.3 Å². The number of hydrogen-bond acceptors (Lipinski definition) is 3. The zero-order valence-corrected chi connectivity index (χ0v) is 11.2. The van der Waals surface area contributed by atoms with Gasteiger partial charge < -0.3 is 9.52 Å². The summed E-state index contributed by atoms with van der Waals surface area (Å²) < 4.78 is 5.24. The number of aromatic carboxylic acids is 1. The second-order valence-corrected chi connectivity index (χ2v) is 5.56. The van der Waals surface area contributed by atoms with Gasteiger partial charge in [-0.05, 0) is 25.5 Å². The van der Waals surface area contributed by atoms with Gasteiger partial charge in [0.1, 0.15) is 12.0 Å². The Morgan fingerprint density at radius 2 is 2.12 bits per heavy atom. The van der Waals surface area contributed by atoms with Crippen LogP contribution in [0.2, 0.25) is 0 Å². The largest absolute Gasteiger partial charge is 0.478 e. The van der Waals surface area contributed by atoms with Crippen LogP contribution in [0.3, 0.4) is 0 Å². The molecule has 1 rings (SSSR count). The molecule has 0 saturated carbocycles. The summed E-state index contributed by atoms with van der Waals surface area (Å²) in [5.41, 5.74) is 0.383. The van der Waals surface area contributed by atoms with E-state index in [0.29, 0.717) is 18.3 Å². The van der Waals surface area contributed by atoms with Gasteiger partial charge in [-0.25, -0.2) is 4.79 Å². The van der Waals surface area contributed by atoms with Gasteiger partial charge in [-0.1, -0.05) is 20.8 Å². The highest BCUT2D eigenvalue weighted by Crippen LogP contribution is 2.24. The van der Waals surface area contributed by atoms with E-state index >= 15 is 0 Å². The molecule has 1 N–H and O–H groups in total. The highest BCUT2D eigenvalue weighted by atomic mass is 16.4. The van der Waals surface area contributed by atoms with Crippen molar-refractivity contribution in [3.63, 3.8) is 0 Å². The van der Waals surface area contributed by atoms with Crippen LogP contribution in [0.25, 0.3) is 0 Å². The van der Waals surface area contributed by atoms with Crippen molar-refractivity contribution in [1.29, 1.82) is 0 Å². The summed E-state index contributed by atoms with van der Waals surface area (Å²) in [6, 6.07) is 1.95. The van der Waals surface area contributed by atoms with Crippen molar-refractivity contribution in [3.05, 3.63) is 23.7 Å². The highest BCUT2D eigenvalue weighted by molar-refractivity contribution is 5.87. The number of carboxylic acids is 1. The van der Waals surface area contributed by atoms with Crippen molar-refractivity contribution in [3.8, 4) is 0 Å². The minimum absolute atomic E-state index is 0.178. The Kier molecular flexibility index (Phi) is 3.98. The van der Waals surface area contributed by atoms with E-state index in [4.69, 9.17) is 9.52 Å². The van der Waals surface area contributed by atoms with E-state index in [2.05, 4.69) is 32.6 Å². The van der Waals surface area contributed by atoms with Gasteiger partial charge in [-0.3, -0.25) is 4.90 Å². The summed E-state index contributed by atoms with van der Waals surface area (Å²) in [4.78, 5) is 12.9. The molecule has 4 nitrogen and oxygen atoms in total. The molecule has 0 saturated heterocycles. The van der Waals surface area contributed by atoms with E-state index in [0.717, 1.165) is 0 Å². The second kappa shape index (κ2) is 4.92. The maximum absolute atomic E-state index is 10.7. The summed E-state index contributed by atoms with van der Waals surface area (Å²) in [6.45, 7) is 9.31. The van der Waals surface area contributed by atoms with Crippen LogP contribution >= 0.6 is 0 Å².